The maximum atomic E-state index is 4.64. The Kier molecular flexibility index (Phi) is 5.38. The van der Waals surface area contributed by atoms with Gasteiger partial charge < -0.3 is 0 Å². The van der Waals surface area contributed by atoms with Crippen molar-refractivity contribution < 1.29 is 4.57 Å². The van der Waals surface area contributed by atoms with Crippen molar-refractivity contribution >= 4 is 10.8 Å². The minimum atomic E-state index is 0.178. The van der Waals surface area contributed by atoms with Crippen molar-refractivity contribution in [2.75, 3.05) is 0 Å². The summed E-state index contributed by atoms with van der Waals surface area (Å²) < 4.78 is 2.23. The average Bonchev–Trinajstić information content (AvgIpc) is 2.70. The summed E-state index contributed by atoms with van der Waals surface area (Å²) in [6.45, 7) is 13.2. The van der Waals surface area contributed by atoms with E-state index in [1.165, 1.54) is 38.7 Å². The Morgan fingerprint density at radius 2 is 1.58 bits per heavy atom. The SMILES string of the molecule is Cc1cc(C)c(C)c(-c2c3cc(-c4cnc(CC(C)(C)C)nc4)ccc3cc[n+]2C)c1. The molecule has 0 aliphatic rings. The first-order chi connectivity index (χ1) is 14.6. The fourth-order valence-electron chi connectivity index (χ4n) is 4.23. The molecule has 3 heteroatoms. The number of aromatic nitrogens is 3. The highest BCUT2D eigenvalue weighted by Gasteiger charge is 2.19. The molecular formula is C28H32N3+. The van der Waals surface area contributed by atoms with Gasteiger partial charge in [-0.1, -0.05) is 44.5 Å². The average molecular weight is 411 g/mol. The van der Waals surface area contributed by atoms with Gasteiger partial charge >= 0.3 is 0 Å². The van der Waals surface area contributed by atoms with Crippen LogP contribution in [0.15, 0.2) is 55.0 Å². The third kappa shape index (κ3) is 4.36. The van der Waals surface area contributed by atoms with E-state index >= 15 is 0 Å². The largest absolute Gasteiger partial charge is 0.241 e. The van der Waals surface area contributed by atoms with Crippen LogP contribution in [0.5, 0.6) is 0 Å². The molecule has 158 valence electrons. The first-order valence-electron chi connectivity index (χ1n) is 10.9. The highest BCUT2D eigenvalue weighted by atomic mass is 14.9. The van der Waals surface area contributed by atoms with Crippen LogP contribution in [0.3, 0.4) is 0 Å². The second-order valence-electron chi connectivity index (χ2n) is 9.96. The smallest absolute Gasteiger partial charge is 0.220 e. The molecule has 0 radical (unpaired) electrons. The Hall–Kier alpha value is -3.07. The third-order valence-electron chi connectivity index (χ3n) is 5.93. The molecule has 0 aliphatic carbocycles. The van der Waals surface area contributed by atoms with Crippen molar-refractivity contribution in [1.29, 1.82) is 0 Å². The molecule has 0 spiro atoms. The van der Waals surface area contributed by atoms with Gasteiger partial charge in [0.1, 0.15) is 12.9 Å². The molecule has 0 bridgehead atoms. The zero-order valence-electron chi connectivity index (χ0n) is 19.7. The normalized spacial score (nSPS) is 11.8. The summed E-state index contributed by atoms with van der Waals surface area (Å²) in [6, 6.07) is 13.4. The molecule has 0 N–H and O–H groups in total. The van der Waals surface area contributed by atoms with Crippen LogP contribution in [0, 0.1) is 26.2 Å². The number of nitrogens with zero attached hydrogens (tertiary/aromatic N) is 3. The number of hydrogen-bond acceptors (Lipinski definition) is 2. The minimum Gasteiger partial charge on any atom is -0.241 e. The van der Waals surface area contributed by atoms with Crippen LogP contribution >= 0.6 is 0 Å². The van der Waals surface area contributed by atoms with Crippen molar-refractivity contribution in [2.45, 2.75) is 48.0 Å². The predicted molar refractivity (Wildman–Crippen MR) is 129 cm³/mol. The summed E-state index contributed by atoms with van der Waals surface area (Å²) in [4.78, 5) is 9.28. The van der Waals surface area contributed by atoms with E-state index in [1.807, 2.05) is 12.4 Å². The van der Waals surface area contributed by atoms with Crippen LogP contribution in [0.25, 0.3) is 33.2 Å². The summed E-state index contributed by atoms with van der Waals surface area (Å²) in [7, 11) is 2.13. The first kappa shape index (κ1) is 21.2. The van der Waals surface area contributed by atoms with E-state index < -0.39 is 0 Å². The highest BCUT2D eigenvalue weighted by molar-refractivity contribution is 5.96. The lowest BCUT2D eigenvalue weighted by atomic mass is 9.92. The lowest BCUT2D eigenvalue weighted by Gasteiger charge is -2.16. The molecule has 0 fully saturated rings. The number of fused-ring (bicyclic) bond motifs is 1. The standard InChI is InChI=1S/C28H32N3/c1-18-12-19(2)20(3)24(13-18)27-25-14-22(9-8-21(25)10-11-31(27)7)23-16-29-26(30-17-23)15-28(4,5)6/h8-14,16-17H,15H2,1-7H3/q+1. The van der Waals surface area contributed by atoms with Crippen molar-refractivity contribution in [3.8, 4) is 22.4 Å². The van der Waals surface area contributed by atoms with Gasteiger partial charge in [-0.25, -0.2) is 14.5 Å². The van der Waals surface area contributed by atoms with Crippen molar-refractivity contribution in [3.63, 3.8) is 0 Å². The Balaban J connectivity index is 1.86. The van der Waals surface area contributed by atoms with E-state index in [1.54, 1.807) is 0 Å². The maximum Gasteiger partial charge on any atom is 0.220 e. The lowest BCUT2D eigenvalue weighted by molar-refractivity contribution is -0.659. The predicted octanol–water partition coefficient (Wildman–Crippen LogP) is 6.30. The zero-order chi connectivity index (χ0) is 22.3. The van der Waals surface area contributed by atoms with Crippen LogP contribution in [0.1, 0.15) is 43.3 Å². The van der Waals surface area contributed by atoms with Gasteiger partial charge in [0, 0.05) is 30.4 Å². The van der Waals surface area contributed by atoms with Gasteiger partial charge in [0.2, 0.25) is 5.69 Å². The monoisotopic (exact) mass is 410 g/mol. The van der Waals surface area contributed by atoms with Gasteiger partial charge in [-0.3, -0.25) is 0 Å². The van der Waals surface area contributed by atoms with Gasteiger partial charge in [-0.05, 0) is 60.4 Å². The van der Waals surface area contributed by atoms with Crippen LogP contribution in [-0.2, 0) is 13.5 Å². The Bertz CT molecular complexity index is 1260. The molecule has 4 rings (SSSR count). The Labute approximate surface area is 185 Å². The summed E-state index contributed by atoms with van der Waals surface area (Å²) in [5.74, 6) is 0.898. The van der Waals surface area contributed by atoms with Gasteiger partial charge in [-0.15, -0.1) is 0 Å². The van der Waals surface area contributed by atoms with Gasteiger partial charge in [0.05, 0.1) is 10.9 Å². The topological polar surface area (TPSA) is 29.7 Å². The minimum absolute atomic E-state index is 0.178. The molecule has 0 unspecified atom stereocenters. The summed E-state index contributed by atoms with van der Waals surface area (Å²) in [6.07, 6.45) is 6.94. The fraction of sp³-hybridized carbons (Fsp3) is 0.321. The molecule has 31 heavy (non-hydrogen) atoms. The second kappa shape index (κ2) is 7.88. The number of pyridine rings is 1. The molecule has 4 aromatic rings. The first-order valence-corrected chi connectivity index (χ1v) is 10.9. The summed E-state index contributed by atoms with van der Waals surface area (Å²) >= 11 is 0. The third-order valence-corrected chi connectivity index (χ3v) is 5.93. The maximum absolute atomic E-state index is 4.64. The van der Waals surface area contributed by atoms with E-state index in [0.29, 0.717) is 0 Å². The molecule has 0 saturated heterocycles. The van der Waals surface area contributed by atoms with E-state index in [9.17, 15) is 0 Å². The number of rotatable bonds is 3. The van der Waals surface area contributed by atoms with Crippen LogP contribution in [0.4, 0.5) is 0 Å². The van der Waals surface area contributed by atoms with Gasteiger partial charge in [0.25, 0.3) is 0 Å². The molecule has 0 aliphatic heterocycles. The van der Waals surface area contributed by atoms with E-state index in [2.05, 4.69) is 106 Å². The lowest BCUT2D eigenvalue weighted by Crippen LogP contribution is -2.30. The van der Waals surface area contributed by atoms with Crippen molar-refractivity contribution in [2.24, 2.45) is 12.5 Å². The number of benzene rings is 2. The second-order valence-corrected chi connectivity index (χ2v) is 9.96. The Morgan fingerprint density at radius 1 is 0.871 bits per heavy atom. The van der Waals surface area contributed by atoms with Crippen LogP contribution in [-0.4, -0.2) is 9.97 Å². The van der Waals surface area contributed by atoms with Crippen molar-refractivity contribution in [1.82, 2.24) is 9.97 Å². The number of hydrogen-bond donors (Lipinski definition) is 0. The highest BCUT2D eigenvalue weighted by Crippen LogP contribution is 2.33. The molecule has 2 heterocycles. The Morgan fingerprint density at radius 3 is 2.26 bits per heavy atom. The summed E-state index contributed by atoms with van der Waals surface area (Å²) in [5.41, 5.74) is 8.85. The molecule has 2 aromatic heterocycles. The molecule has 0 atom stereocenters. The summed E-state index contributed by atoms with van der Waals surface area (Å²) in [5, 5.41) is 2.48. The molecule has 2 aromatic carbocycles. The molecule has 3 nitrogen and oxygen atoms in total. The molecule has 0 saturated carbocycles. The molecule has 0 amide bonds. The van der Waals surface area contributed by atoms with Crippen molar-refractivity contribution in [3.05, 3.63) is 77.5 Å². The van der Waals surface area contributed by atoms with E-state index in [4.69, 9.17) is 0 Å². The van der Waals surface area contributed by atoms with Gasteiger partial charge in [-0.2, -0.15) is 0 Å². The van der Waals surface area contributed by atoms with Gasteiger partial charge in [0.15, 0.2) is 6.20 Å². The van der Waals surface area contributed by atoms with Crippen LogP contribution < -0.4 is 4.57 Å². The zero-order valence-corrected chi connectivity index (χ0v) is 19.7. The quantitative estimate of drug-likeness (QED) is 0.371. The van der Waals surface area contributed by atoms with E-state index in [-0.39, 0.29) is 5.41 Å². The van der Waals surface area contributed by atoms with Crippen LogP contribution in [0.2, 0.25) is 0 Å². The number of aryl methyl sites for hydroxylation is 3. The molecular weight excluding hydrogens is 378 g/mol. The van der Waals surface area contributed by atoms with E-state index in [0.717, 1.165) is 23.4 Å². The fourth-order valence-corrected chi connectivity index (χ4v) is 4.23.